The molecule has 0 aliphatic carbocycles. The molecule has 0 bridgehead atoms. The van der Waals surface area contributed by atoms with E-state index in [1.54, 1.807) is 6.07 Å². The molecule has 1 aliphatic heterocycles. The van der Waals surface area contributed by atoms with Gasteiger partial charge in [-0.15, -0.1) is 0 Å². The quantitative estimate of drug-likeness (QED) is 0.835. The normalized spacial score (nSPS) is 19.9. The summed E-state index contributed by atoms with van der Waals surface area (Å²) in [5, 5.41) is 8.38. The molecule has 0 spiro atoms. The number of aliphatic carboxylic acids is 1. The highest BCUT2D eigenvalue weighted by Gasteiger charge is 2.46. The average molecular weight is 412 g/mol. The number of carboxylic acids is 1. The van der Waals surface area contributed by atoms with E-state index in [1.165, 1.54) is 30.3 Å². The van der Waals surface area contributed by atoms with Crippen LogP contribution < -0.4 is 0 Å². The Kier molecular flexibility index (Phi) is 5.21. The van der Waals surface area contributed by atoms with Crippen molar-refractivity contribution in [2.75, 3.05) is 6.54 Å². The monoisotopic (exact) mass is 411 g/mol. The molecule has 1 heterocycles. The number of amides is 1. The fraction of sp³-hybridized carbons (Fsp3) is 0.222. The molecular formula is C18H15ClFNO5S. The molecule has 9 heteroatoms. The van der Waals surface area contributed by atoms with E-state index < -0.39 is 38.8 Å². The highest BCUT2D eigenvalue weighted by molar-refractivity contribution is 7.92. The Morgan fingerprint density at radius 2 is 1.74 bits per heavy atom. The van der Waals surface area contributed by atoms with Gasteiger partial charge in [0.2, 0.25) is 0 Å². The Labute approximate surface area is 160 Å². The molecule has 3 rings (SSSR count). The van der Waals surface area contributed by atoms with Gasteiger partial charge in [-0.3, -0.25) is 4.79 Å². The number of halogens is 2. The highest BCUT2D eigenvalue weighted by atomic mass is 35.5. The summed E-state index contributed by atoms with van der Waals surface area (Å²) in [6, 6.07) is 9.19. The smallest absolute Gasteiger partial charge is 0.326 e. The number of nitrogens with zero attached hydrogens (tertiary/aromatic N) is 1. The summed E-state index contributed by atoms with van der Waals surface area (Å²) in [6.45, 7) is -0.291. The third-order valence-corrected chi connectivity index (χ3v) is 7.11. The zero-order chi connectivity index (χ0) is 19.8. The van der Waals surface area contributed by atoms with Crippen molar-refractivity contribution in [3.05, 3.63) is 64.9 Å². The summed E-state index contributed by atoms with van der Waals surface area (Å²) in [4.78, 5) is 25.2. The van der Waals surface area contributed by atoms with Gasteiger partial charge in [-0.1, -0.05) is 23.7 Å². The van der Waals surface area contributed by atoms with Gasteiger partial charge in [-0.05, 0) is 42.8 Å². The predicted octanol–water partition coefficient (Wildman–Crippen LogP) is 2.62. The van der Waals surface area contributed by atoms with Crippen LogP contribution in [0.4, 0.5) is 4.39 Å². The number of hydrogen-bond donors (Lipinski definition) is 1. The number of carboxylic acid groups (broad SMARTS) is 1. The van der Waals surface area contributed by atoms with E-state index in [2.05, 4.69) is 0 Å². The van der Waals surface area contributed by atoms with Crippen molar-refractivity contribution in [1.29, 1.82) is 0 Å². The largest absolute Gasteiger partial charge is 0.480 e. The lowest BCUT2D eigenvalue weighted by Crippen LogP contribution is -2.40. The van der Waals surface area contributed by atoms with E-state index >= 15 is 0 Å². The molecule has 1 fully saturated rings. The maximum atomic E-state index is 13.1. The summed E-state index contributed by atoms with van der Waals surface area (Å²) in [5.74, 6) is -2.51. The molecule has 2 aromatic rings. The Hall–Kier alpha value is -2.45. The molecule has 0 saturated carbocycles. The van der Waals surface area contributed by atoms with Crippen LogP contribution in [0, 0.1) is 5.82 Å². The minimum atomic E-state index is -3.94. The Bertz CT molecular complexity index is 993. The molecule has 0 unspecified atom stereocenters. The number of likely N-dealkylation sites (tertiary alicyclic amines) is 1. The lowest BCUT2D eigenvalue weighted by molar-refractivity contribution is -0.141. The topological polar surface area (TPSA) is 91.8 Å². The van der Waals surface area contributed by atoms with Crippen molar-refractivity contribution >= 4 is 33.3 Å². The predicted molar refractivity (Wildman–Crippen MR) is 95.9 cm³/mol. The zero-order valence-corrected chi connectivity index (χ0v) is 15.5. The molecule has 2 atom stereocenters. The average Bonchev–Trinajstić information content (AvgIpc) is 3.08. The van der Waals surface area contributed by atoms with Gasteiger partial charge in [0, 0.05) is 12.1 Å². The van der Waals surface area contributed by atoms with Crippen LogP contribution in [-0.4, -0.2) is 48.1 Å². The fourth-order valence-corrected chi connectivity index (χ4v) is 5.31. The molecule has 142 valence electrons. The molecule has 27 heavy (non-hydrogen) atoms. The van der Waals surface area contributed by atoms with E-state index in [0.717, 1.165) is 17.0 Å². The van der Waals surface area contributed by atoms with Crippen molar-refractivity contribution in [1.82, 2.24) is 4.90 Å². The third-order valence-electron chi connectivity index (χ3n) is 4.48. The summed E-state index contributed by atoms with van der Waals surface area (Å²) < 4.78 is 38.9. The second kappa shape index (κ2) is 7.28. The zero-order valence-electron chi connectivity index (χ0n) is 13.9. The second-order valence-electron chi connectivity index (χ2n) is 6.15. The van der Waals surface area contributed by atoms with Gasteiger partial charge in [-0.25, -0.2) is 17.6 Å². The molecule has 0 aromatic heterocycles. The van der Waals surface area contributed by atoms with Gasteiger partial charge in [0.1, 0.15) is 11.9 Å². The van der Waals surface area contributed by atoms with E-state index in [0.29, 0.717) is 0 Å². The van der Waals surface area contributed by atoms with Gasteiger partial charge in [-0.2, -0.15) is 0 Å². The van der Waals surface area contributed by atoms with Gasteiger partial charge >= 0.3 is 5.97 Å². The summed E-state index contributed by atoms with van der Waals surface area (Å²) >= 11 is 5.98. The molecular weight excluding hydrogens is 397 g/mol. The lowest BCUT2D eigenvalue weighted by atomic mass is 10.1. The maximum Gasteiger partial charge on any atom is 0.326 e. The van der Waals surface area contributed by atoms with Gasteiger partial charge in [0.15, 0.2) is 9.84 Å². The van der Waals surface area contributed by atoms with Crippen LogP contribution in [-0.2, 0) is 14.6 Å². The van der Waals surface area contributed by atoms with Crippen molar-refractivity contribution < 1.29 is 27.5 Å². The van der Waals surface area contributed by atoms with Crippen LogP contribution in [0.5, 0.6) is 0 Å². The van der Waals surface area contributed by atoms with Crippen LogP contribution in [0.15, 0.2) is 53.4 Å². The third kappa shape index (κ3) is 3.68. The molecule has 1 amide bonds. The minimum absolute atomic E-state index is 0.0349. The van der Waals surface area contributed by atoms with Crippen molar-refractivity contribution in [2.24, 2.45) is 0 Å². The maximum absolute atomic E-state index is 13.1. The molecule has 0 radical (unpaired) electrons. The standard InChI is InChI=1S/C18H15ClFNO5S/c19-14-3-1-2-4-16(14)27(25,26)13-9-15(18(23)24)21(10-13)17(22)11-5-7-12(20)8-6-11/h1-8,13,15H,9-10H2,(H,23,24)/t13-,15+/m1/s1. The highest BCUT2D eigenvalue weighted by Crippen LogP contribution is 2.32. The number of rotatable bonds is 4. The first kappa shape index (κ1) is 19.3. The van der Waals surface area contributed by atoms with Crippen LogP contribution in [0.3, 0.4) is 0 Å². The van der Waals surface area contributed by atoms with Crippen molar-refractivity contribution in [3.63, 3.8) is 0 Å². The van der Waals surface area contributed by atoms with E-state index in [9.17, 15) is 27.5 Å². The lowest BCUT2D eigenvalue weighted by Gasteiger charge is -2.21. The number of benzene rings is 2. The van der Waals surface area contributed by atoms with Crippen molar-refractivity contribution in [2.45, 2.75) is 22.6 Å². The minimum Gasteiger partial charge on any atom is -0.480 e. The van der Waals surface area contributed by atoms with Crippen LogP contribution in [0.1, 0.15) is 16.8 Å². The molecule has 1 aliphatic rings. The molecule has 6 nitrogen and oxygen atoms in total. The Morgan fingerprint density at radius 3 is 2.33 bits per heavy atom. The first-order valence-electron chi connectivity index (χ1n) is 7.99. The fourth-order valence-electron chi connectivity index (χ4n) is 3.09. The molecule has 1 saturated heterocycles. The Morgan fingerprint density at radius 1 is 1.11 bits per heavy atom. The van der Waals surface area contributed by atoms with Crippen LogP contribution in [0.25, 0.3) is 0 Å². The van der Waals surface area contributed by atoms with Gasteiger partial charge in [0.25, 0.3) is 5.91 Å². The first-order chi connectivity index (χ1) is 12.7. The SMILES string of the molecule is O=C(O)[C@@H]1C[C@@H](S(=O)(=O)c2ccccc2Cl)CN1C(=O)c1ccc(F)cc1. The first-order valence-corrected chi connectivity index (χ1v) is 9.92. The van der Waals surface area contributed by atoms with Gasteiger partial charge in [0.05, 0.1) is 15.2 Å². The Balaban J connectivity index is 1.93. The number of hydrogen-bond acceptors (Lipinski definition) is 4. The van der Waals surface area contributed by atoms with Gasteiger partial charge < -0.3 is 10.0 Å². The summed E-state index contributed by atoms with van der Waals surface area (Å²) in [7, 11) is -3.94. The molecule has 2 aromatic carbocycles. The van der Waals surface area contributed by atoms with Crippen LogP contribution in [0.2, 0.25) is 5.02 Å². The van der Waals surface area contributed by atoms with Crippen molar-refractivity contribution in [3.8, 4) is 0 Å². The second-order valence-corrected chi connectivity index (χ2v) is 8.76. The molecule has 1 N–H and O–H groups in total. The number of carbonyl (C=O) groups is 2. The van der Waals surface area contributed by atoms with E-state index in [1.807, 2.05) is 0 Å². The van der Waals surface area contributed by atoms with E-state index in [-0.39, 0.29) is 28.4 Å². The number of sulfone groups is 1. The number of carbonyl (C=O) groups excluding carboxylic acids is 1. The van der Waals surface area contributed by atoms with Crippen LogP contribution >= 0.6 is 11.6 Å². The summed E-state index contributed by atoms with van der Waals surface area (Å²) in [5.41, 5.74) is 0.0819. The van der Waals surface area contributed by atoms with E-state index in [4.69, 9.17) is 11.6 Å². The summed E-state index contributed by atoms with van der Waals surface area (Å²) in [6.07, 6.45) is -0.254.